The first kappa shape index (κ1) is 18.6. The molecule has 0 aromatic heterocycles. The second kappa shape index (κ2) is 8.90. The number of nitriles is 1. The molecular formula is C17H20N2O3S2. The summed E-state index contributed by atoms with van der Waals surface area (Å²) >= 11 is 3.07. The minimum Gasteiger partial charge on any atom is -0.493 e. The van der Waals surface area contributed by atoms with Gasteiger partial charge in [-0.25, -0.2) is 0 Å². The fourth-order valence-corrected chi connectivity index (χ4v) is 4.79. The van der Waals surface area contributed by atoms with Crippen molar-refractivity contribution in [3.8, 4) is 17.6 Å². The van der Waals surface area contributed by atoms with E-state index in [0.29, 0.717) is 11.5 Å². The molecule has 1 aromatic carbocycles. The van der Waals surface area contributed by atoms with E-state index in [1.165, 1.54) is 11.8 Å². The van der Waals surface area contributed by atoms with Gasteiger partial charge in [0.1, 0.15) is 17.0 Å². The Labute approximate surface area is 150 Å². The number of ether oxygens (including phenoxy) is 2. The van der Waals surface area contributed by atoms with E-state index in [2.05, 4.69) is 12.2 Å². The van der Waals surface area contributed by atoms with Crippen molar-refractivity contribution < 1.29 is 14.3 Å². The van der Waals surface area contributed by atoms with Crippen molar-refractivity contribution in [2.75, 3.05) is 20.0 Å². The van der Waals surface area contributed by atoms with E-state index in [1.807, 2.05) is 24.3 Å². The summed E-state index contributed by atoms with van der Waals surface area (Å²) < 4.78 is 11.4. The topological polar surface area (TPSA) is 71.4 Å². The van der Waals surface area contributed by atoms with Crippen LogP contribution >= 0.6 is 23.5 Å². The first-order valence-electron chi connectivity index (χ1n) is 7.61. The van der Waals surface area contributed by atoms with E-state index in [4.69, 9.17) is 9.47 Å². The maximum Gasteiger partial charge on any atom is 0.264 e. The molecule has 1 amide bonds. The summed E-state index contributed by atoms with van der Waals surface area (Å²) in [6.07, 6.45) is 2.13. The highest BCUT2D eigenvalue weighted by molar-refractivity contribution is 8.22. The number of nitrogens with zero attached hydrogens (tertiary/aromatic N) is 1. The van der Waals surface area contributed by atoms with Gasteiger partial charge in [0.2, 0.25) is 0 Å². The highest BCUT2D eigenvalue weighted by Gasteiger charge is 2.29. The molecule has 0 saturated carbocycles. The number of methoxy groups -OCH3 is 2. The van der Waals surface area contributed by atoms with Crippen LogP contribution in [0.2, 0.25) is 0 Å². The van der Waals surface area contributed by atoms with E-state index in [-0.39, 0.29) is 16.9 Å². The number of thioether (sulfide) groups is 2. The average Bonchev–Trinajstić information content (AvgIpc) is 2.61. The van der Waals surface area contributed by atoms with Crippen LogP contribution in [0.4, 0.5) is 0 Å². The normalized spacial score (nSPS) is 17.2. The number of rotatable bonds is 7. The van der Waals surface area contributed by atoms with Crippen molar-refractivity contribution in [1.29, 1.82) is 5.26 Å². The van der Waals surface area contributed by atoms with Gasteiger partial charge in [-0.1, -0.05) is 31.2 Å². The van der Waals surface area contributed by atoms with Crippen LogP contribution in [0.1, 0.15) is 30.7 Å². The van der Waals surface area contributed by atoms with Crippen LogP contribution in [0.25, 0.3) is 0 Å². The zero-order chi connectivity index (χ0) is 17.5. The van der Waals surface area contributed by atoms with Gasteiger partial charge in [0.05, 0.1) is 18.5 Å². The summed E-state index contributed by atoms with van der Waals surface area (Å²) in [7, 11) is 3.16. The highest BCUT2D eigenvalue weighted by Crippen LogP contribution is 2.45. The van der Waals surface area contributed by atoms with Gasteiger partial charge in [-0.05, 0) is 29.9 Å². The Morgan fingerprint density at radius 1 is 1.33 bits per heavy atom. The number of carbonyl (C=O) groups excluding carboxylic acids is 1. The Bertz CT molecular complexity index is 683. The number of benzene rings is 1. The number of unbranched alkanes of at least 4 members (excludes halogenated alkanes) is 1. The molecule has 0 bridgehead atoms. The monoisotopic (exact) mass is 364 g/mol. The highest BCUT2D eigenvalue weighted by atomic mass is 32.2. The van der Waals surface area contributed by atoms with Crippen molar-refractivity contribution in [1.82, 2.24) is 5.32 Å². The summed E-state index contributed by atoms with van der Waals surface area (Å²) in [4.78, 5) is 12.3. The summed E-state index contributed by atoms with van der Waals surface area (Å²) in [5.41, 5.74) is 1.11. The molecule has 1 heterocycles. The fourth-order valence-electron chi connectivity index (χ4n) is 2.16. The van der Waals surface area contributed by atoms with Gasteiger partial charge in [-0.15, -0.1) is 11.8 Å². The lowest BCUT2D eigenvalue weighted by Crippen LogP contribution is -2.31. The maximum absolute atomic E-state index is 12.3. The molecule has 2 rings (SSSR count). The number of hydrogen-bond acceptors (Lipinski definition) is 6. The zero-order valence-electron chi connectivity index (χ0n) is 13.9. The molecule has 1 aromatic rings. The van der Waals surface area contributed by atoms with Gasteiger partial charge in [-0.2, -0.15) is 5.26 Å². The largest absolute Gasteiger partial charge is 0.493 e. The van der Waals surface area contributed by atoms with Gasteiger partial charge >= 0.3 is 0 Å². The molecule has 0 spiro atoms. The second-order valence-corrected chi connectivity index (χ2v) is 7.54. The molecule has 1 atom stereocenters. The van der Waals surface area contributed by atoms with Gasteiger partial charge in [0.15, 0.2) is 11.5 Å². The third-order valence-electron chi connectivity index (χ3n) is 3.47. The van der Waals surface area contributed by atoms with E-state index >= 15 is 0 Å². The zero-order valence-corrected chi connectivity index (χ0v) is 15.6. The molecule has 0 radical (unpaired) electrons. The molecule has 1 aliphatic rings. The smallest absolute Gasteiger partial charge is 0.264 e. The Hall–Kier alpha value is -1.78. The number of amides is 1. The van der Waals surface area contributed by atoms with Crippen molar-refractivity contribution >= 4 is 29.4 Å². The van der Waals surface area contributed by atoms with E-state index in [0.717, 1.165) is 28.4 Å². The molecule has 128 valence electrons. The lowest BCUT2D eigenvalue weighted by atomic mass is 10.2. The van der Waals surface area contributed by atoms with Gasteiger partial charge < -0.3 is 14.8 Å². The van der Waals surface area contributed by atoms with Crippen molar-refractivity contribution in [3.05, 3.63) is 33.6 Å². The van der Waals surface area contributed by atoms with E-state index in [1.54, 1.807) is 26.0 Å². The molecule has 1 aliphatic heterocycles. The minimum absolute atomic E-state index is 0.206. The van der Waals surface area contributed by atoms with Crippen LogP contribution in [0, 0.1) is 11.3 Å². The Kier molecular flexibility index (Phi) is 6.88. The predicted molar refractivity (Wildman–Crippen MR) is 98.0 cm³/mol. The Balaban J connectivity index is 2.26. The van der Waals surface area contributed by atoms with Crippen molar-refractivity contribution in [2.45, 2.75) is 25.1 Å². The number of nitrogens with one attached hydrogen (secondary N) is 1. The summed E-state index contributed by atoms with van der Waals surface area (Å²) in [6, 6.07) is 7.58. The lowest BCUT2D eigenvalue weighted by Gasteiger charge is -2.25. The molecule has 0 unspecified atom stereocenters. The molecule has 24 heavy (non-hydrogen) atoms. The second-order valence-electron chi connectivity index (χ2n) is 5.06. The number of carbonyl (C=O) groups is 1. The molecule has 0 saturated heterocycles. The van der Waals surface area contributed by atoms with Crippen LogP contribution in [0.15, 0.2) is 28.0 Å². The van der Waals surface area contributed by atoms with Crippen LogP contribution in [0.3, 0.4) is 0 Å². The first-order chi connectivity index (χ1) is 11.6. The van der Waals surface area contributed by atoms with E-state index in [9.17, 15) is 10.1 Å². The Morgan fingerprint density at radius 3 is 2.71 bits per heavy atom. The van der Waals surface area contributed by atoms with Gasteiger partial charge in [0, 0.05) is 0 Å². The summed E-state index contributed by atoms with van der Waals surface area (Å²) in [6.45, 7) is 2.12. The first-order valence-corrected chi connectivity index (χ1v) is 9.47. The van der Waals surface area contributed by atoms with Crippen LogP contribution in [-0.4, -0.2) is 25.9 Å². The van der Waals surface area contributed by atoms with Crippen LogP contribution in [0.5, 0.6) is 11.5 Å². The van der Waals surface area contributed by atoms with Crippen LogP contribution < -0.4 is 14.8 Å². The quantitative estimate of drug-likeness (QED) is 0.741. The predicted octanol–water partition coefficient (Wildman–Crippen LogP) is 3.83. The molecule has 0 aliphatic carbocycles. The standard InChI is InChI=1S/C17H20N2O3S2/c1-4-5-8-23-17-12(10-18)15(20)19-16(24-17)11-6-7-13(21-2)14(9-11)22-3/h6-7,9,16H,4-5,8H2,1-3H3,(H,19,20)/t16-/m0/s1. The Morgan fingerprint density at radius 2 is 2.08 bits per heavy atom. The third-order valence-corrected chi connectivity index (χ3v) is 6.12. The lowest BCUT2D eigenvalue weighted by molar-refractivity contribution is -0.117. The van der Waals surface area contributed by atoms with Gasteiger partial charge in [0.25, 0.3) is 5.91 Å². The molecular weight excluding hydrogens is 344 g/mol. The summed E-state index contributed by atoms with van der Waals surface area (Å²) in [5.74, 6) is 1.82. The van der Waals surface area contributed by atoms with Crippen molar-refractivity contribution in [2.24, 2.45) is 0 Å². The molecule has 5 nitrogen and oxygen atoms in total. The van der Waals surface area contributed by atoms with Gasteiger partial charge in [-0.3, -0.25) is 4.79 Å². The minimum atomic E-state index is -0.324. The third kappa shape index (κ3) is 4.19. The van der Waals surface area contributed by atoms with Crippen molar-refractivity contribution in [3.63, 3.8) is 0 Å². The maximum atomic E-state index is 12.3. The molecule has 7 heteroatoms. The van der Waals surface area contributed by atoms with Crippen LogP contribution in [-0.2, 0) is 4.79 Å². The molecule has 1 N–H and O–H groups in total. The SMILES string of the molecule is CCCCSC1=C(C#N)C(=O)N[C@H](c2ccc(OC)c(OC)c2)S1. The summed E-state index contributed by atoms with van der Waals surface area (Å²) in [5, 5.41) is 11.9. The van der Waals surface area contributed by atoms with E-state index < -0.39 is 0 Å². The molecule has 0 fully saturated rings. The fraction of sp³-hybridized carbons (Fsp3) is 0.412. The average molecular weight is 364 g/mol. The number of hydrogen-bond donors (Lipinski definition) is 1.